The lowest BCUT2D eigenvalue weighted by Crippen LogP contribution is -2.13. The van der Waals surface area contributed by atoms with E-state index in [1.54, 1.807) is 49.4 Å². The quantitative estimate of drug-likeness (QED) is 0.815. The third kappa shape index (κ3) is 5.51. The van der Waals surface area contributed by atoms with Crippen molar-refractivity contribution < 1.29 is 17.6 Å². The van der Waals surface area contributed by atoms with Gasteiger partial charge in [-0.3, -0.25) is 9.52 Å². The zero-order valence-corrected chi connectivity index (χ0v) is 14.0. The van der Waals surface area contributed by atoms with E-state index in [1.165, 1.54) is 12.1 Å². The first-order valence-corrected chi connectivity index (χ1v) is 8.95. The van der Waals surface area contributed by atoms with Crippen molar-refractivity contribution in [3.63, 3.8) is 0 Å². The summed E-state index contributed by atoms with van der Waals surface area (Å²) in [5, 5.41) is 2.70. The number of sulfonamides is 1. The molecule has 2 N–H and O–H groups in total. The molecule has 1 amide bonds. The van der Waals surface area contributed by atoms with E-state index >= 15 is 0 Å². The van der Waals surface area contributed by atoms with E-state index in [-0.39, 0.29) is 11.7 Å². The van der Waals surface area contributed by atoms with Crippen LogP contribution in [0, 0.1) is 5.82 Å². The molecule has 0 radical (unpaired) electrons. The Hall–Kier alpha value is -2.67. The molecule has 2 rings (SSSR count). The van der Waals surface area contributed by atoms with E-state index in [9.17, 15) is 17.6 Å². The molecule has 0 unspecified atom stereocenters. The molecule has 0 atom stereocenters. The number of carbonyl (C=O) groups excluding carboxylic acids is 1. The van der Waals surface area contributed by atoms with Crippen LogP contribution < -0.4 is 10.0 Å². The zero-order chi connectivity index (χ0) is 17.7. The highest BCUT2D eigenvalue weighted by atomic mass is 32.2. The van der Waals surface area contributed by atoms with Crippen molar-refractivity contribution in [2.75, 3.05) is 16.3 Å². The standard InChI is InChI=1S/C17H17FN2O3S/c1-12(11-13-3-5-14(18)6-4-13)17(21)19-15-7-9-16(10-8-15)20-24(2,22)23/h3-11,20H,1-2H3,(H,19,21). The van der Waals surface area contributed by atoms with Gasteiger partial charge >= 0.3 is 0 Å². The third-order valence-electron chi connectivity index (χ3n) is 3.06. The minimum absolute atomic E-state index is 0.303. The first kappa shape index (κ1) is 17.7. The van der Waals surface area contributed by atoms with Crippen LogP contribution in [0.3, 0.4) is 0 Å². The molecule has 0 bridgehead atoms. The fourth-order valence-electron chi connectivity index (χ4n) is 1.94. The highest BCUT2D eigenvalue weighted by molar-refractivity contribution is 7.92. The van der Waals surface area contributed by atoms with Crippen molar-refractivity contribution in [2.24, 2.45) is 0 Å². The van der Waals surface area contributed by atoms with Crippen LogP contribution in [0.2, 0.25) is 0 Å². The van der Waals surface area contributed by atoms with Gasteiger partial charge < -0.3 is 5.32 Å². The molecule has 0 heterocycles. The molecular formula is C17H17FN2O3S. The molecule has 0 aliphatic carbocycles. The maximum Gasteiger partial charge on any atom is 0.251 e. The van der Waals surface area contributed by atoms with Gasteiger partial charge in [-0.25, -0.2) is 12.8 Å². The average Bonchev–Trinajstić information content (AvgIpc) is 2.50. The summed E-state index contributed by atoms with van der Waals surface area (Å²) in [6, 6.07) is 12.1. The molecule has 126 valence electrons. The van der Waals surface area contributed by atoms with Gasteiger partial charge in [0.2, 0.25) is 10.0 Å². The minimum Gasteiger partial charge on any atom is -0.322 e. The minimum atomic E-state index is -3.34. The highest BCUT2D eigenvalue weighted by Gasteiger charge is 2.06. The smallest absolute Gasteiger partial charge is 0.251 e. The summed E-state index contributed by atoms with van der Waals surface area (Å²) in [7, 11) is -3.34. The van der Waals surface area contributed by atoms with Crippen molar-refractivity contribution in [3.8, 4) is 0 Å². The van der Waals surface area contributed by atoms with Crippen LogP contribution in [-0.4, -0.2) is 20.6 Å². The Morgan fingerprint density at radius 1 is 1.00 bits per heavy atom. The summed E-state index contributed by atoms with van der Waals surface area (Å²) in [5.41, 5.74) is 2.12. The lowest BCUT2D eigenvalue weighted by atomic mass is 10.1. The molecule has 0 aliphatic rings. The first-order valence-electron chi connectivity index (χ1n) is 7.06. The van der Waals surface area contributed by atoms with Crippen LogP contribution in [0.5, 0.6) is 0 Å². The normalized spacial score (nSPS) is 11.9. The summed E-state index contributed by atoms with van der Waals surface area (Å²) in [6.45, 7) is 1.65. The number of benzene rings is 2. The van der Waals surface area contributed by atoms with Gasteiger partial charge in [-0.1, -0.05) is 12.1 Å². The van der Waals surface area contributed by atoms with Crippen LogP contribution in [0.15, 0.2) is 54.1 Å². The molecule has 7 heteroatoms. The van der Waals surface area contributed by atoms with Crippen LogP contribution >= 0.6 is 0 Å². The largest absolute Gasteiger partial charge is 0.322 e. The van der Waals surface area contributed by atoms with Crippen LogP contribution in [0.25, 0.3) is 6.08 Å². The van der Waals surface area contributed by atoms with Crippen molar-refractivity contribution in [1.29, 1.82) is 0 Å². The summed E-state index contributed by atoms with van der Waals surface area (Å²) in [5.74, 6) is -0.639. The lowest BCUT2D eigenvalue weighted by molar-refractivity contribution is -0.112. The second kappa shape index (κ2) is 7.27. The maximum absolute atomic E-state index is 12.9. The predicted octanol–water partition coefficient (Wildman–Crippen LogP) is 3.24. The Labute approximate surface area is 140 Å². The summed E-state index contributed by atoms with van der Waals surface area (Å²) >= 11 is 0. The van der Waals surface area contributed by atoms with Crippen LogP contribution in [0.1, 0.15) is 12.5 Å². The number of nitrogens with one attached hydrogen (secondary N) is 2. The molecule has 2 aromatic rings. The fraction of sp³-hybridized carbons (Fsp3) is 0.118. The molecule has 0 aliphatic heterocycles. The van der Waals surface area contributed by atoms with Gasteiger partial charge in [-0.2, -0.15) is 0 Å². The second-order valence-corrected chi connectivity index (χ2v) is 7.03. The number of hydrogen-bond donors (Lipinski definition) is 2. The van der Waals surface area contributed by atoms with Gasteiger partial charge in [0.25, 0.3) is 5.91 Å². The van der Waals surface area contributed by atoms with Crippen LogP contribution in [0.4, 0.5) is 15.8 Å². The Balaban J connectivity index is 2.04. The number of amides is 1. The second-order valence-electron chi connectivity index (χ2n) is 5.28. The van der Waals surface area contributed by atoms with Crippen molar-refractivity contribution in [2.45, 2.75) is 6.92 Å². The number of anilines is 2. The summed E-state index contributed by atoms with van der Waals surface area (Å²) in [4.78, 5) is 12.1. The third-order valence-corrected chi connectivity index (χ3v) is 3.66. The summed E-state index contributed by atoms with van der Waals surface area (Å²) in [6.07, 6.45) is 2.71. The number of rotatable bonds is 5. The first-order chi connectivity index (χ1) is 11.2. The number of carbonyl (C=O) groups is 1. The molecular weight excluding hydrogens is 331 g/mol. The van der Waals surface area contributed by atoms with E-state index in [0.29, 0.717) is 16.9 Å². The summed E-state index contributed by atoms with van der Waals surface area (Å²) < 4.78 is 37.5. The van der Waals surface area contributed by atoms with Gasteiger partial charge in [0.15, 0.2) is 0 Å². The molecule has 24 heavy (non-hydrogen) atoms. The molecule has 2 aromatic carbocycles. The van der Waals surface area contributed by atoms with Crippen molar-refractivity contribution in [1.82, 2.24) is 0 Å². The Bertz CT molecular complexity index is 858. The lowest BCUT2D eigenvalue weighted by Gasteiger charge is -2.08. The zero-order valence-electron chi connectivity index (χ0n) is 13.2. The molecule has 0 fully saturated rings. The Kier molecular flexibility index (Phi) is 5.35. The van der Waals surface area contributed by atoms with E-state index in [1.807, 2.05) is 0 Å². The molecule has 0 aromatic heterocycles. The fourth-order valence-corrected chi connectivity index (χ4v) is 2.50. The number of halogens is 1. The van der Waals surface area contributed by atoms with Gasteiger partial charge in [0.1, 0.15) is 5.82 Å². The average molecular weight is 348 g/mol. The van der Waals surface area contributed by atoms with Crippen molar-refractivity contribution in [3.05, 3.63) is 65.5 Å². The van der Waals surface area contributed by atoms with Gasteiger partial charge in [-0.05, 0) is 55.0 Å². The predicted molar refractivity (Wildman–Crippen MR) is 93.6 cm³/mol. The van der Waals surface area contributed by atoms with E-state index in [2.05, 4.69) is 10.0 Å². The monoisotopic (exact) mass is 348 g/mol. The van der Waals surface area contributed by atoms with Gasteiger partial charge in [-0.15, -0.1) is 0 Å². The SMILES string of the molecule is CC(=Cc1ccc(F)cc1)C(=O)Nc1ccc(NS(C)(=O)=O)cc1. The maximum atomic E-state index is 12.9. The molecule has 0 saturated heterocycles. The Morgan fingerprint density at radius 3 is 2.08 bits per heavy atom. The highest BCUT2D eigenvalue weighted by Crippen LogP contribution is 2.16. The molecule has 5 nitrogen and oxygen atoms in total. The topological polar surface area (TPSA) is 75.3 Å². The van der Waals surface area contributed by atoms with Crippen molar-refractivity contribution >= 4 is 33.4 Å². The van der Waals surface area contributed by atoms with E-state index in [0.717, 1.165) is 11.8 Å². The van der Waals surface area contributed by atoms with E-state index < -0.39 is 10.0 Å². The van der Waals surface area contributed by atoms with Gasteiger partial charge in [0.05, 0.1) is 6.26 Å². The van der Waals surface area contributed by atoms with Crippen LogP contribution in [-0.2, 0) is 14.8 Å². The van der Waals surface area contributed by atoms with Gasteiger partial charge in [0, 0.05) is 16.9 Å². The van der Waals surface area contributed by atoms with E-state index in [4.69, 9.17) is 0 Å². The number of hydrogen-bond acceptors (Lipinski definition) is 3. The molecule has 0 spiro atoms. The molecule has 0 saturated carbocycles. The Morgan fingerprint density at radius 2 is 1.54 bits per heavy atom.